The van der Waals surface area contributed by atoms with Crippen LogP contribution in [0.3, 0.4) is 0 Å². The number of aromatic amines is 1. The molecule has 0 spiro atoms. The molecule has 0 radical (unpaired) electrons. The Labute approximate surface area is 181 Å². The monoisotopic (exact) mass is 440 g/mol. The first kappa shape index (κ1) is 22.3. The summed E-state index contributed by atoms with van der Waals surface area (Å²) in [7, 11) is 2.40. The van der Waals surface area contributed by atoms with Crippen molar-refractivity contribution in [2.75, 3.05) is 14.2 Å². The minimum absolute atomic E-state index is 0.165. The summed E-state index contributed by atoms with van der Waals surface area (Å²) in [5.41, 5.74) is 5.07. The maximum atomic E-state index is 12.5. The number of aromatic hydroxyl groups is 1. The summed E-state index contributed by atoms with van der Waals surface area (Å²) in [6, 6.07) is 9.52. The molecular formula is C22H20N2O8. The van der Waals surface area contributed by atoms with Gasteiger partial charge in [-0.15, -0.1) is 0 Å². The van der Waals surface area contributed by atoms with Crippen molar-refractivity contribution in [1.29, 1.82) is 0 Å². The third kappa shape index (κ3) is 4.38. The SMILES string of the molecule is COC(=O)c1ccc(-c2ccc([C@H](CC(N)=O)c3c(O)c(C(=O)OC)c[nH]c3=O)o2)cc1. The smallest absolute Gasteiger partial charge is 0.343 e. The van der Waals surface area contributed by atoms with Crippen molar-refractivity contribution in [1.82, 2.24) is 4.98 Å². The van der Waals surface area contributed by atoms with Crippen molar-refractivity contribution >= 4 is 17.8 Å². The first-order valence-corrected chi connectivity index (χ1v) is 9.36. The summed E-state index contributed by atoms with van der Waals surface area (Å²) in [5.74, 6) is -3.26. The van der Waals surface area contributed by atoms with Gasteiger partial charge < -0.3 is 29.7 Å². The van der Waals surface area contributed by atoms with Gasteiger partial charge in [-0.05, 0) is 24.3 Å². The average Bonchev–Trinajstić information content (AvgIpc) is 3.27. The first-order valence-electron chi connectivity index (χ1n) is 9.36. The standard InChI is InChI=1S/C22H20N2O8/c1-30-21(28)12-5-3-11(4-6-12)15-7-8-16(32-15)13(9-17(23)25)18-19(26)14(22(29)31-2)10-24-20(18)27/h3-8,10,13H,9H2,1-2H3,(H2,23,25)(H2,24,26,27)/t13-/m0/s1. The number of carbonyl (C=O) groups excluding carboxylic acids is 3. The number of furan rings is 1. The van der Waals surface area contributed by atoms with Crippen LogP contribution in [-0.4, -0.2) is 42.2 Å². The summed E-state index contributed by atoms with van der Waals surface area (Å²) >= 11 is 0. The quantitative estimate of drug-likeness (QED) is 0.469. The van der Waals surface area contributed by atoms with Crippen molar-refractivity contribution in [3.8, 4) is 17.1 Å². The molecule has 32 heavy (non-hydrogen) atoms. The van der Waals surface area contributed by atoms with Crippen molar-refractivity contribution in [2.24, 2.45) is 5.73 Å². The largest absolute Gasteiger partial charge is 0.506 e. The van der Waals surface area contributed by atoms with E-state index in [1.165, 1.54) is 13.2 Å². The molecule has 0 fully saturated rings. The summed E-state index contributed by atoms with van der Waals surface area (Å²) in [6.45, 7) is 0. The Morgan fingerprint density at radius 1 is 1.06 bits per heavy atom. The van der Waals surface area contributed by atoms with Crippen LogP contribution >= 0.6 is 0 Å². The number of pyridine rings is 1. The second-order valence-corrected chi connectivity index (χ2v) is 6.78. The highest BCUT2D eigenvalue weighted by Gasteiger charge is 2.29. The molecule has 166 valence electrons. The second-order valence-electron chi connectivity index (χ2n) is 6.78. The third-order valence-corrected chi connectivity index (χ3v) is 4.82. The van der Waals surface area contributed by atoms with Crippen LogP contribution in [0.15, 0.2) is 51.8 Å². The van der Waals surface area contributed by atoms with Gasteiger partial charge in [0.15, 0.2) is 0 Å². The number of nitrogens with two attached hydrogens (primary N) is 1. The molecular weight excluding hydrogens is 420 g/mol. The van der Waals surface area contributed by atoms with Gasteiger partial charge in [0.05, 0.1) is 31.3 Å². The highest BCUT2D eigenvalue weighted by atomic mass is 16.5. The molecule has 1 aromatic carbocycles. The van der Waals surface area contributed by atoms with Crippen molar-refractivity contribution in [3.63, 3.8) is 0 Å². The number of hydrogen-bond acceptors (Lipinski definition) is 8. The number of primary amides is 1. The van der Waals surface area contributed by atoms with Crippen LogP contribution in [-0.2, 0) is 14.3 Å². The summed E-state index contributed by atoms with van der Waals surface area (Å²) < 4.78 is 15.1. The molecule has 10 nitrogen and oxygen atoms in total. The minimum atomic E-state index is -1.07. The van der Waals surface area contributed by atoms with Crippen molar-refractivity contribution in [3.05, 3.63) is 75.4 Å². The minimum Gasteiger partial charge on any atom is -0.506 e. The van der Waals surface area contributed by atoms with Crippen LogP contribution in [0.1, 0.15) is 44.4 Å². The van der Waals surface area contributed by atoms with Gasteiger partial charge in [-0.1, -0.05) is 12.1 Å². The average molecular weight is 440 g/mol. The lowest BCUT2D eigenvalue weighted by Crippen LogP contribution is -2.23. The van der Waals surface area contributed by atoms with E-state index in [2.05, 4.69) is 14.5 Å². The predicted molar refractivity (Wildman–Crippen MR) is 111 cm³/mol. The molecule has 3 rings (SSSR count). The Balaban J connectivity index is 2.05. The summed E-state index contributed by atoms with van der Waals surface area (Å²) in [5, 5.41) is 10.6. The van der Waals surface area contributed by atoms with Gasteiger partial charge in [0.1, 0.15) is 22.8 Å². The van der Waals surface area contributed by atoms with E-state index in [9.17, 15) is 24.3 Å². The zero-order valence-corrected chi connectivity index (χ0v) is 17.2. The van der Waals surface area contributed by atoms with Gasteiger partial charge in [-0.3, -0.25) is 9.59 Å². The Hall–Kier alpha value is -4.34. The molecule has 2 heterocycles. The molecule has 0 aliphatic heterocycles. The van der Waals surface area contributed by atoms with E-state index in [-0.39, 0.29) is 23.3 Å². The number of nitrogens with one attached hydrogen (secondary N) is 1. The van der Waals surface area contributed by atoms with E-state index < -0.39 is 35.1 Å². The lowest BCUT2D eigenvalue weighted by molar-refractivity contribution is -0.118. The Kier molecular flexibility index (Phi) is 6.43. The molecule has 4 N–H and O–H groups in total. The number of hydrogen-bond donors (Lipinski definition) is 3. The highest BCUT2D eigenvalue weighted by Crippen LogP contribution is 2.36. The van der Waals surface area contributed by atoms with Gasteiger partial charge in [0.25, 0.3) is 5.56 Å². The summed E-state index contributed by atoms with van der Waals surface area (Å²) in [4.78, 5) is 50.1. The van der Waals surface area contributed by atoms with Gasteiger partial charge in [0.2, 0.25) is 5.91 Å². The maximum Gasteiger partial charge on any atom is 0.343 e. The van der Waals surface area contributed by atoms with E-state index in [1.54, 1.807) is 30.3 Å². The zero-order valence-electron chi connectivity index (χ0n) is 17.2. The normalized spacial score (nSPS) is 11.6. The van der Waals surface area contributed by atoms with E-state index in [0.717, 1.165) is 13.3 Å². The number of rotatable bonds is 7. The van der Waals surface area contributed by atoms with Crippen LogP contribution in [0.5, 0.6) is 5.75 Å². The van der Waals surface area contributed by atoms with E-state index >= 15 is 0 Å². The number of benzene rings is 1. The third-order valence-electron chi connectivity index (χ3n) is 4.82. The highest BCUT2D eigenvalue weighted by molar-refractivity contribution is 5.92. The number of esters is 2. The fourth-order valence-electron chi connectivity index (χ4n) is 3.26. The molecule has 2 aromatic heterocycles. The molecule has 0 aliphatic carbocycles. The number of aromatic nitrogens is 1. The zero-order chi connectivity index (χ0) is 23.4. The predicted octanol–water partition coefficient (Wildman–Crippen LogP) is 1.92. The second kappa shape index (κ2) is 9.21. The lowest BCUT2D eigenvalue weighted by atomic mass is 9.92. The number of methoxy groups -OCH3 is 2. The topological polar surface area (TPSA) is 162 Å². The number of carbonyl (C=O) groups is 3. The van der Waals surface area contributed by atoms with Gasteiger partial charge in [-0.25, -0.2) is 9.59 Å². The molecule has 0 aliphatic rings. The van der Waals surface area contributed by atoms with Crippen molar-refractivity contribution in [2.45, 2.75) is 12.3 Å². The number of H-pyrrole nitrogens is 1. The fraction of sp³-hybridized carbons (Fsp3) is 0.182. The molecule has 0 bridgehead atoms. The number of ether oxygens (including phenoxy) is 2. The maximum absolute atomic E-state index is 12.5. The van der Waals surface area contributed by atoms with E-state index in [4.69, 9.17) is 10.2 Å². The van der Waals surface area contributed by atoms with Crippen LogP contribution in [0, 0.1) is 0 Å². The Bertz CT molecular complexity index is 1220. The van der Waals surface area contributed by atoms with Crippen LogP contribution in [0.25, 0.3) is 11.3 Å². The molecule has 10 heteroatoms. The van der Waals surface area contributed by atoms with E-state index in [0.29, 0.717) is 16.9 Å². The van der Waals surface area contributed by atoms with Crippen LogP contribution in [0.4, 0.5) is 0 Å². The first-order chi connectivity index (χ1) is 15.3. The van der Waals surface area contributed by atoms with Crippen LogP contribution in [0.2, 0.25) is 0 Å². The molecule has 1 amide bonds. The van der Waals surface area contributed by atoms with Gasteiger partial charge in [0, 0.05) is 18.2 Å². The Morgan fingerprint density at radius 2 is 1.72 bits per heavy atom. The fourth-order valence-corrected chi connectivity index (χ4v) is 3.26. The summed E-state index contributed by atoms with van der Waals surface area (Å²) in [6.07, 6.45) is 0.653. The van der Waals surface area contributed by atoms with E-state index in [1.807, 2.05) is 0 Å². The molecule has 0 saturated carbocycles. The van der Waals surface area contributed by atoms with Gasteiger partial charge in [-0.2, -0.15) is 0 Å². The Morgan fingerprint density at radius 3 is 2.31 bits per heavy atom. The lowest BCUT2D eigenvalue weighted by Gasteiger charge is -2.15. The van der Waals surface area contributed by atoms with Gasteiger partial charge >= 0.3 is 11.9 Å². The molecule has 3 aromatic rings. The molecule has 1 atom stereocenters. The molecule has 0 unspecified atom stereocenters. The van der Waals surface area contributed by atoms with Crippen molar-refractivity contribution < 1.29 is 33.4 Å². The number of amides is 1. The van der Waals surface area contributed by atoms with Crippen LogP contribution < -0.4 is 11.3 Å². The molecule has 0 saturated heterocycles.